The normalized spacial score (nSPS) is 12.5. The third kappa shape index (κ3) is 13.8. The molecule has 0 saturated carbocycles. The van der Waals surface area contributed by atoms with Crippen molar-refractivity contribution in [1.82, 2.24) is 0 Å². The van der Waals surface area contributed by atoms with Crippen LogP contribution in [0.2, 0.25) is 0 Å². The fraction of sp³-hybridized carbons (Fsp3) is 0.632. The van der Waals surface area contributed by atoms with E-state index in [1.807, 2.05) is 0 Å². The molecule has 0 bridgehead atoms. The van der Waals surface area contributed by atoms with Gasteiger partial charge in [-0.2, -0.15) is 0 Å². The number of non-ortho nitro benzene ring substituents is 1. The van der Waals surface area contributed by atoms with Crippen LogP contribution in [0.4, 0.5) is 5.69 Å². The summed E-state index contributed by atoms with van der Waals surface area (Å²) in [6.07, 6.45) is 4.13. The van der Waals surface area contributed by atoms with Gasteiger partial charge in [-0.05, 0) is 64.5 Å². The number of carbonyl (C=O) groups excluding carboxylic acids is 1. The van der Waals surface area contributed by atoms with E-state index in [-0.39, 0.29) is 31.1 Å². The van der Waals surface area contributed by atoms with E-state index in [2.05, 4.69) is 0 Å². The minimum Gasteiger partial charge on any atom is -0.462 e. The van der Waals surface area contributed by atoms with Crippen molar-refractivity contribution in [2.24, 2.45) is 0 Å². The largest absolute Gasteiger partial charge is 0.462 e. The molecule has 0 unspecified atom stereocenters. The van der Waals surface area contributed by atoms with Crippen LogP contribution in [0.25, 0.3) is 0 Å². The molecule has 0 saturated heterocycles. The van der Waals surface area contributed by atoms with E-state index in [1.54, 1.807) is 13.8 Å². The summed E-state index contributed by atoms with van der Waals surface area (Å²) in [5.74, 6) is -0.494. The van der Waals surface area contributed by atoms with Crippen molar-refractivity contribution in [1.29, 1.82) is 0 Å². The quantitative estimate of drug-likeness (QED) is 0.231. The molecule has 0 heterocycles. The lowest BCUT2D eigenvalue weighted by atomic mass is 10.2. The van der Waals surface area contributed by atoms with Crippen LogP contribution in [-0.2, 0) is 4.74 Å². The topological polar surface area (TPSA) is 130 Å². The highest BCUT2D eigenvalue weighted by atomic mass is 16.6. The van der Waals surface area contributed by atoms with Crippen LogP contribution in [0.3, 0.4) is 0 Å². The van der Waals surface area contributed by atoms with Crippen LogP contribution in [0, 0.1) is 10.1 Å². The van der Waals surface area contributed by atoms with Crippen molar-refractivity contribution >= 4 is 11.7 Å². The number of rotatable bonds is 11. The SMILES string of the molecule is C[C@@H](O)CCCCO.C[C@@H](O)CCCCOC(=O)c1ccc([N+](=O)[O-])cc1. The molecular weight excluding hydrogens is 354 g/mol. The zero-order chi connectivity index (χ0) is 20.7. The number of aliphatic hydroxyl groups excluding tert-OH is 3. The fourth-order valence-corrected chi connectivity index (χ4v) is 2.06. The molecule has 8 heteroatoms. The first-order valence-corrected chi connectivity index (χ1v) is 9.16. The number of nitrogens with zero attached hydrogens (tertiary/aromatic N) is 1. The minimum atomic E-state index is -0.523. The zero-order valence-corrected chi connectivity index (χ0v) is 16.0. The molecule has 0 fully saturated rings. The van der Waals surface area contributed by atoms with Gasteiger partial charge in [0.05, 0.1) is 29.3 Å². The molecule has 27 heavy (non-hydrogen) atoms. The van der Waals surface area contributed by atoms with E-state index in [9.17, 15) is 14.9 Å². The van der Waals surface area contributed by atoms with E-state index >= 15 is 0 Å². The Balaban J connectivity index is 0.000000713. The van der Waals surface area contributed by atoms with Gasteiger partial charge in [0.2, 0.25) is 0 Å². The molecule has 154 valence electrons. The van der Waals surface area contributed by atoms with Gasteiger partial charge >= 0.3 is 5.97 Å². The summed E-state index contributed by atoms with van der Waals surface area (Å²) in [5, 5.41) is 36.5. The van der Waals surface area contributed by atoms with Crippen molar-refractivity contribution in [3.63, 3.8) is 0 Å². The van der Waals surface area contributed by atoms with Crippen molar-refractivity contribution in [3.8, 4) is 0 Å². The van der Waals surface area contributed by atoms with E-state index in [4.69, 9.17) is 20.1 Å². The first kappa shape index (κ1) is 25.0. The van der Waals surface area contributed by atoms with Gasteiger partial charge in [-0.15, -0.1) is 0 Å². The van der Waals surface area contributed by atoms with Crippen molar-refractivity contribution in [3.05, 3.63) is 39.9 Å². The van der Waals surface area contributed by atoms with Crippen molar-refractivity contribution in [2.75, 3.05) is 13.2 Å². The van der Waals surface area contributed by atoms with E-state index in [0.717, 1.165) is 25.7 Å². The number of esters is 1. The van der Waals surface area contributed by atoms with Crippen LogP contribution >= 0.6 is 0 Å². The van der Waals surface area contributed by atoms with Crippen molar-refractivity contribution < 1.29 is 29.8 Å². The Morgan fingerprint density at radius 2 is 1.56 bits per heavy atom. The van der Waals surface area contributed by atoms with Crippen molar-refractivity contribution in [2.45, 2.75) is 64.6 Å². The lowest BCUT2D eigenvalue weighted by Gasteiger charge is -2.05. The monoisotopic (exact) mass is 385 g/mol. The summed E-state index contributed by atoms with van der Waals surface area (Å²) in [4.78, 5) is 21.5. The van der Waals surface area contributed by atoms with E-state index in [1.165, 1.54) is 24.3 Å². The summed E-state index contributed by atoms with van der Waals surface area (Å²) in [6.45, 7) is 4.00. The third-order valence-electron chi connectivity index (χ3n) is 3.59. The Morgan fingerprint density at radius 1 is 1.04 bits per heavy atom. The van der Waals surface area contributed by atoms with Gasteiger partial charge in [-0.1, -0.05) is 0 Å². The van der Waals surface area contributed by atoms with Crippen LogP contribution in [-0.4, -0.2) is 51.6 Å². The van der Waals surface area contributed by atoms with Crippen LogP contribution in [0.15, 0.2) is 24.3 Å². The summed E-state index contributed by atoms with van der Waals surface area (Å²) in [5.41, 5.74) is 0.231. The zero-order valence-electron chi connectivity index (χ0n) is 16.0. The molecule has 0 aliphatic rings. The number of carbonyl (C=O) groups is 1. The Labute approximate surface area is 159 Å². The summed E-state index contributed by atoms with van der Waals surface area (Å²) in [7, 11) is 0. The lowest BCUT2D eigenvalue weighted by molar-refractivity contribution is -0.384. The molecular formula is C19H31NO7. The summed E-state index contributed by atoms with van der Waals surface area (Å²) in [6, 6.07) is 5.28. The van der Waals surface area contributed by atoms with Gasteiger partial charge in [-0.3, -0.25) is 10.1 Å². The molecule has 2 atom stereocenters. The van der Waals surface area contributed by atoms with Gasteiger partial charge in [0.1, 0.15) is 0 Å². The smallest absolute Gasteiger partial charge is 0.338 e. The number of hydrogen-bond acceptors (Lipinski definition) is 7. The molecule has 0 radical (unpaired) electrons. The Hall–Kier alpha value is -2.03. The first-order valence-electron chi connectivity index (χ1n) is 9.16. The minimum absolute atomic E-state index is 0.0616. The molecule has 8 nitrogen and oxygen atoms in total. The predicted molar refractivity (Wildman–Crippen MR) is 102 cm³/mol. The Kier molecular flexibility index (Phi) is 13.9. The highest BCUT2D eigenvalue weighted by molar-refractivity contribution is 5.89. The van der Waals surface area contributed by atoms with Crippen LogP contribution in [0.5, 0.6) is 0 Å². The summed E-state index contributed by atoms with van der Waals surface area (Å²) >= 11 is 0. The number of ether oxygens (including phenoxy) is 1. The maximum absolute atomic E-state index is 11.6. The average molecular weight is 385 g/mol. The second kappa shape index (κ2) is 15.1. The molecule has 0 amide bonds. The van der Waals surface area contributed by atoms with Gasteiger partial charge in [0.15, 0.2) is 0 Å². The lowest BCUT2D eigenvalue weighted by Crippen LogP contribution is -2.07. The maximum Gasteiger partial charge on any atom is 0.338 e. The highest BCUT2D eigenvalue weighted by Crippen LogP contribution is 2.13. The van der Waals surface area contributed by atoms with Crippen LogP contribution < -0.4 is 0 Å². The number of nitro benzene ring substituents is 1. The number of aliphatic hydroxyl groups is 3. The molecule has 1 aromatic rings. The van der Waals surface area contributed by atoms with Crippen LogP contribution in [0.1, 0.15) is 62.7 Å². The number of unbranched alkanes of at least 4 members (excludes halogenated alkanes) is 2. The van der Waals surface area contributed by atoms with Gasteiger partial charge in [-0.25, -0.2) is 4.79 Å². The van der Waals surface area contributed by atoms with Gasteiger partial charge in [0.25, 0.3) is 5.69 Å². The molecule has 1 rings (SSSR count). The summed E-state index contributed by atoms with van der Waals surface area (Å²) < 4.78 is 5.02. The fourth-order valence-electron chi connectivity index (χ4n) is 2.06. The van der Waals surface area contributed by atoms with Gasteiger partial charge in [0, 0.05) is 18.7 Å². The molecule has 3 N–H and O–H groups in total. The third-order valence-corrected chi connectivity index (χ3v) is 3.59. The molecule has 0 aromatic heterocycles. The number of benzene rings is 1. The molecule has 0 aliphatic heterocycles. The molecule has 0 spiro atoms. The Morgan fingerprint density at radius 3 is 2.00 bits per heavy atom. The van der Waals surface area contributed by atoms with E-state index < -0.39 is 10.9 Å². The highest BCUT2D eigenvalue weighted by Gasteiger charge is 2.10. The molecule has 0 aliphatic carbocycles. The van der Waals surface area contributed by atoms with Gasteiger partial charge < -0.3 is 20.1 Å². The number of hydrogen-bond donors (Lipinski definition) is 3. The standard InChI is InChI=1S/C13H17NO5.C6H14O2/c1-10(15)4-2-3-9-19-13(16)11-5-7-12(8-6-11)14(17)18;1-6(8)4-2-3-5-7/h5-8,10,15H,2-4,9H2,1H3;6-8H,2-5H2,1H3/t10-;6-/m11/s1. The maximum atomic E-state index is 11.6. The second-order valence-electron chi connectivity index (χ2n) is 6.35. The van der Waals surface area contributed by atoms with E-state index in [0.29, 0.717) is 18.4 Å². The predicted octanol–water partition coefficient (Wildman–Crippen LogP) is 2.83. The number of nitro groups is 1. The average Bonchev–Trinajstić information content (AvgIpc) is 2.61. The molecule has 1 aromatic carbocycles. The Bertz CT molecular complexity index is 529. The first-order chi connectivity index (χ1) is 12.8. The second-order valence-corrected chi connectivity index (χ2v) is 6.35.